The van der Waals surface area contributed by atoms with Gasteiger partial charge in [0.15, 0.2) is 0 Å². The number of aromatic carboxylic acids is 1. The predicted molar refractivity (Wildman–Crippen MR) is 96.1 cm³/mol. The highest BCUT2D eigenvalue weighted by Crippen LogP contribution is 2.40. The van der Waals surface area contributed by atoms with Crippen LogP contribution in [0.3, 0.4) is 0 Å². The summed E-state index contributed by atoms with van der Waals surface area (Å²) in [5.41, 5.74) is 7.56. The van der Waals surface area contributed by atoms with Crippen molar-refractivity contribution >= 4 is 14.0 Å². The van der Waals surface area contributed by atoms with Crippen molar-refractivity contribution in [1.29, 1.82) is 0 Å². The Morgan fingerprint density at radius 3 is 1.95 bits per heavy atom. The van der Waals surface area contributed by atoms with Crippen molar-refractivity contribution in [3.8, 4) is 11.5 Å². The van der Waals surface area contributed by atoms with Crippen LogP contribution >= 0.6 is 0 Å². The van der Waals surface area contributed by atoms with Crippen LogP contribution in [0.1, 0.15) is 63.0 Å². The summed E-state index contributed by atoms with van der Waals surface area (Å²) < 4.78 is 0. The molecule has 1 aromatic rings. The SMILES string of the molecule is Cc1ccc(C(=O)O)cc1C#C[Si](C(C)C)(C(C)C)C(C)C. The summed E-state index contributed by atoms with van der Waals surface area (Å²) in [5, 5.41) is 9.15. The minimum absolute atomic E-state index is 0.306. The van der Waals surface area contributed by atoms with Gasteiger partial charge in [0.2, 0.25) is 0 Å². The average molecular weight is 317 g/mol. The van der Waals surface area contributed by atoms with Gasteiger partial charge in [0, 0.05) is 5.56 Å². The molecule has 0 aromatic heterocycles. The molecule has 22 heavy (non-hydrogen) atoms. The van der Waals surface area contributed by atoms with Crippen molar-refractivity contribution in [2.75, 3.05) is 0 Å². The molecule has 0 saturated heterocycles. The van der Waals surface area contributed by atoms with Crippen LogP contribution in [0.5, 0.6) is 0 Å². The van der Waals surface area contributed by atoms with Crippen LogP contribution in [-0.4, -0.2) is 19.1 Å². The van der Waals surface area contributed by atoms with Crippen molar-refractivity contribution in [1.82, 2.24) is 0 Å². The summed E-state index contributed by atoms with van der Waals surface area (Å²) in [7, 11) is -1.79. The van der Waals surface area contributed by atoms with Crippen LogP contribution < -0.4 is 0 Å². The third-order valence-electron chi connectivity index (χ3n) is 4.76. The van der Waals surface area contributed by atoms with Crippen molar-refractivity contribution < 1.29 is 9.90 Å². The van der Waals surface area contributed by atoms with E-state index in [4.69, 9.17) is 5.11 Å². The van der Waals surface area contributed by atoms with E-state index in [1.54, 1.807) is 12.1 Å². The second-order valence-corrected chi connectivity index (χ2v) is 12.6. The van der Waals surface area contributed by atoms with Gasteiger partial charge in [0.1, 0.15) is 8.07 Å². The Balaban J connectivity index is 3.41. The first kappa shape index (κ1) is 18.5. The zero-order valence-electron chi connectivity index (χ0n) is 14.8. The van der Waals surface area contributed by atoms with Crippen LogP contribution in [0.4, 0.5) is 0 Å². The molecule has 120 valence electrons. The number of aryl methyl sites for hydroxylation is 1. The lowest BCUT2D eigenvalue weighted by Crippen LogP contribution is -2.43. The summed E-state index contributed by atoms with van der Waals surface area (Å²) in [6.45, 7) is 15.7. The maximum Gasteiger partial charge on any atom is 0.335 e. The number of hydrogen-bond donors (Lipinski definition) is 1. The van der Waals surface area contributed by atoms with E-state index in [0.29, 0.717) is 22.2 Å². The molecular formula is C19H28O2Si. The van der Waals surface area contributed by atoms with Crippen LogP contribution in [-0.2, 0) is 0 Å². The van der Waals surface area contributed by atoms with Gasteiger partial charge in [-0.3, -0.25) is 0 Å². The topological polar surface area (TPSA) is 37.3 Å². The van der Waals surface area contributed by atoms with Crippen LogP contribution in [0.25, 0.3) is 0 Å². The average Bonchev–Trinajstić information content (AvgIpc) is 2.39. The monoisotopic (exact) mass is 316 g/mol. The van der Waals surface area contributed by atoms with Gasteiger partial charge in [-0.05, 0) is 41.2 Å². The number of carboxylic acid groups (broad SMARTS) is 1. The Labute approximate surface area is 136 Å². The van der Waals surface area contributed by atoms with Gasteiger partial charge in [-0.25, -0.2) is 4.79 Å². The molecule has 1 aromatic carbocycles. The van der Waals surface area contributed by atoms with E-state index in [1.807, 2.05) is 13.0 Å². The van der Waals surface area contributed by atoms with Crippen molar-refractivity contribution in [3.63, 3.8) is 0 Å². The van der Waals surface area contributed by atoms with Gasteiger partial charge in [-0.15, -0.1) is 5.54 Å². The molecule has 2 nitrogen and oxygen atoms in total. The van der Waals surface area contributed by atoms with Crippen LogP contribution in [0.2, 0.25) is 16.6 Å². The number of carboxylic acids is 1. The van der Waals surface area contributed by atoms with Gasteiger partial charge in [-0.1, -0.05) is 53.5 Å². The molecule has 0 spiro atoms. The molecule has 0 radical (unpaired) electrons. The molecular weight excluding hydrogens is 288 g/mol. The van der Waals surface area contributed by atoms with Crippen molar-refractivity contribution in [2.24, 2.45) is 0 Å². The van der Waals surface area contributed by atoms with Gasteiger partial charge < -0.3 is 5.11 Å². The van der Waals surface area contributed by atoms with Gasteiger partial charge in [-0.2, -0.15) is 0 Å². The summed E-state index contributed by atoms with van der Waals surface area (Å²) in [6.07, 6.45) is 0. The Morgan fingerprint density at radius 1 is 1.05 bits per heavy atom. The number of hydrogen-bond acceptors (Lipinski definition) is 1. The Kier molecular flexibility index (Phi) is 6.02. The first-order valence-corrected chi connectivity index (χ1v) is 10.2. The van der Waals surface area contributed by atoms with Gasteiger partial charge >= 0.3 is 5.97 Å². The van der Waals surface area contributed by atoms with E-state index in [-0.39, 0.29) is 0 Å². The van der Waals surface area contributed by atoms with E-state index in [9.17, 15) is 4.79 Å². The highest BCUT2D eigenvalue weighted by atomic mass is 28.3. The quantitative estimate of drug-likeness (QED) is 0.607. The maximum atomic E-state index is 11.2. The summed E-state index contributed by atoms with van der Waals surface area (Å²) in [4.78, 5) is 11.2. The minimum Gasteiger partial charge on any atom is -0.478 e. The predicted octanol–water partition coefficient (Wildman–Crippen LogP) is 5.26. The molecule has 0 aliphatic rings. The number of carbonyl (C=O) groups is 1. The molecule has 1 N–H and O–H groups in total. The van der Waals surface area contributed by atoms with Crippen molar-refractivity contribution in [3.05, 3.63) is 34.9 Å². The second-order valence-electron chi connectivity index (χ2n) is 6.98. The number of benzene rings is 1. The Bertz CT molecular complexity index is 582. The first-order chi connectivity index (χ1) is 10.1. The smallest absolute Gasteiger partial charge is 0.335 e. The first-order valence-electron chi connectivity index (χ1n) is 8.00. The molecule has 3 heteroatoms. The highest BCUT2D eigenvalue weighted by molar-refractivity contribution is 6.90. The van der Waals surface area contributed by atoms with Gasteiger partial charge in [0.25, 0.3) is 0 Å². The lowest BCUT2D eigenvalue weighted by atomic mass is 10.1. The molecule has 0 saturated carbocycles. The molecule has 0 heterocycles. The molecule has 0 atom stereocenters. The molecule has 0 bridgehead atoms. The molecule has 0 aliphatic carbocycles. The summed E-state index contributed by atoms with van der Waals surface area (Å²) in [5.74, 6) is 2.44. The summed E-state index contributed by atoms with van der Waals surface area (Å²) in [6, 6.07) is 5.18. The molecule has 1 rings (SSSR count). The standard InChI is InChI=1S/C19H28O2Si/c1-13(2)22(14(3)4,15(5)6)11-10-17-12-18(19(20)21)9-8-16(17)7/h8-9,12-15H,1-7H3,(H,20,21). The van der Waals surface area contributed by atoms with E-state index in [0.717, 1.165) is 11.1 Å². The van der Waals surface area contributed by atoms with Crippen LogP contribution in [0, 0.1) is 18.4 Å². The van der Waals surface area contributed by atoms with E-state index in [1.165, 1.54) is 0 Å². The van der Waals surface area contributed by atoms with E-state index in [2.05, 4.69) is 53.0 Å². The van der Waals surface area contributed by atoms with E-state index >= 15 is 0 Å². The van der Waals surface area contributed by atoms with Gasteiger partial charge in [0.05, 0.1) is 5.56 Å². The number of rotatable bonds is 4. The lowest BCUT2D eigenvalue weighted by molar-refractivity contribution is 0.0697. The summed E-state index contributed by atoms with van der Waals surface area (Å²) >= 11 is 0. The fraction of sp³-hybridized carbons (Fsp3) is 0.526. The van der Waals surface area contributed by atoms with Crippen molar-refractivity contribution in [2.45, 2.75) is 65.1 Å². The third kappa shape index (κ3) is 3.62. The third-order valence-corrected chi connectivity index (χ3v) is 11.1. The normalized spacial score (nSPS) is 11.7. The van der Waals surface area contributed by atoms with E-state index < -0.39 is 14.0 Å². The highest BCUT2D eigenvalue weighted by Gasteiger charge is 2.41. The fourth-order valence-electron chi connectivity index (χ4n) is 3.50. The molecule has 0 amide bonds. The maximum absolute atomic E-state index is 11.2. The fourth-order valence-corrected chi connectivity index (χ4v) is 8.72. The largest absolute Gasteiger partial charge is 0.478 e. The zero-order chi connectivity index (χ0) is 17.1. The minimum atomic E-state index is -1.79. The van der Waals surface area contributed by atoms with Crippen LogP contribution in [0.15, 0.2) is 18.2 Å². The zero-order valence-corrected chi connectivity index (χ0v) is 15.8. The second kappa shape index (κ2) is 7.15. The Morgan fingerprint density at radius 2 is 1.55 bits per heavy atom. The molecule has 0 aliphatic heterocycles. The Hall–Kier alpha value is -1.53. The lowest BCUT2D eigenvalue weighted by Gasteiger charge is -2.38. The molecule has 0 unspecified atom stereocenters. The molecule has 0 fully saturated rings.